The molecule has 2 aromatic heterocycles. The summed E-state index contributed by atoms with van der Waals surface area (Å²) in [6.45, 7) is 2.12. The van der Waals surface area contributed by atoms with E-state index >= 15 is 0 Å². The maximum atomic E-state index is 4.55. The fraction of sp³-hybridized carbons (Fsp3) is 0.188. The number of nitrogens with one attached hydrogen (secondary N) is 1. The van der Waals surface area contributed by atoms with Crippen molar-refractivity contribution in [2.45, 2.75) is 19.8 Å². The summed E-state index contributed by atoms with van der Waals surface area (Å²) in [6, 6.07) is 11.9. The zero-order chi connectivity index (χ0) is 14.7. The lowest BCUT2D eigenvalue weighted by molar-refractivity contribution is 0.831. The Morgan fingerprint density at radius 3 is 2.90 bits per heavy atom. The molecule has 0 aliphatic carbocycles. The fourth-order valence-electron chi connectivity index (χ4n) is 2.21. The Morgan fingerprint density at radius 1 is 1.14 bits per heavy atom. The summed E-state index contributed by atoms with van der Waals surface area (Å²) >= 11 is 3.44. The van der Waals surface area contributed by atoms with Crippen LogP contribution in [0.5, 0.6) is 0 Å². The highest BCUT2D eigenvalue weighted by Gasteiger charge is 2.05. The van der Waals surface area contributed by atoms with Crippen molar-refractivity contribution in [1.29, 1.82) is 0 Å². The van der Waals surface area contributed by atoms with Crippen LogP contribution in [-0.4, -0.2) is 15.0 Å². The number of pyridine rings is 1. The summed E-state index contributed by atoms with van der Waals surface area (Å²) in [5.41, 5.74) is 1.96. The number of aromatic nitrogens is 3. The number of nitrogens with zero attached hydrogens (tertiary/aromatic N) is 3. The van der Waals surface area contributed by atoms with E-state index in [0.29, 0.717) is 0 Å². The van der Waals surface area contributed by atoms with E-state index in [4.69, 9.17) is 0 Å². The van der Waals surface area contributed by atoms with Crippen LogP contribution in [0.1, 0.15) is 19.2 Å². The summed E-state index contributed by atoms with van der Waals surface area (Å²) in [5, 5.41) is 4.44. The van der Waals surface area contributed by atoms with Gasteiger partial charge in [-0.2, -0.15) is 0 Å². The van der Waals surface area contributed by atoms with Crippen LogP contribution in [-0.2, 0) is 6.42 Å². The van der Waals surface area contributed by atoms with E-state index in [2.05, 4.69) is 43.1 Å². The third kappa shape index (κ3) is 3.19. The Kier molecular flexibility index (Phi) is 4.10. The zero-order valence-electron chi connectivity index (χ0n) is 11.7. The van der Waals surface area contributed by atoms with Gasteiger partial charge in [0.1, 0.15) is 16.2 Å². The summed E-state index contributed by atoms with van der Waals surface area (Å²) in [6.07, 6.45) is 3.69. The first-order valence-corrected chi connectivity index (χ1v) is 7.70. The van der Waals surface area contributed by atoms with Crippen LogP contribution < -0.4 is 5.32 Å². The van der Waals surface area contributed by atoms with E-state index in [1.54, 1.807) is 6.20 Å². The standard InChI is InChI=1S/C16H15BrN4/c1-2-5-15-20-14(17)10-16(21-15)19-13-8-3-7-12-11(13)6-4-9-18-12/h3-4,6-10H,2,5H2,1H3,(H,19,20,21). The fourth-order valence-corrected chi connectivity index (χ4v) is 2.64. The van der Waals surface area contributed by atoms with Crippen molar-refractivity contribution in [2.75, 3.05) is 5.32 Å². The van der Waals surface area contributed by atoms with Crippen molar-refractivity contribution in [3.05, 3.63) is 53.0 Å². The molecule has 0 bridgehead atoms. The Bertz CT molecular complexity index is 768. The van der Waals surface area contributed by atoms with Gasteiger partial charge < -0.3 is 5.32 Å². The largest absolute Gasteiger partial charge is 0.340 e. The quantitative estimate of drug-likeness (QED) is 0.710. The maximum Gasteiger partial charge on any atom is 0.135 e. The number of rotatable bonds is 4. The Hall–Kier alpha value is -2.01. The summed E-state index contributed by atoms with van der Waals surface area (Å²) < 4.78 is 0.793. The molecule has 5 heteroatoms. The first-order chi connectivity index (χ1) is 10.3. The van der Waals surface area contributed by atoms with Crippen molar-refractivity contribution in [2.24, 2.45) is 0 Å². The molecule has 0 fully saturated rings. The van der Waals surface area contributed by atoms with Crippen LogP contribution in [0, 0.1) is 0 Å². The molecule has 0 aliphatic rings. The molecule has 0 radical (unpaired) electrons. The lowest BCUT2D eigenvalue weighted by Gasteiger charge is -2.10. The van der Waals surface area contributed by atoms with Gasteiger partial charge in [-0.1, -0.05) is 13.0 Å². The minimum Gasteiger partial charge on any atom is -0.340 e. The van der Waals surface area contributed by atoms with Crippen molar-refractivity contribution in [3.63, 3.8) is 0 Å². The Morgan fingerprint density at radius 2 is 2.05 bits per heavy atom. The van der Waals surface area contributed by atoms with Crippen LogP contribution in [0.3, 0.4) is 0 Å². The summed E-state index contributed by atoms with van der Waals surface area (Å²) in [5.74, 6) is 1.63. The number of hydrogen-bond donors (Lipinski definition) is 1. The molecule has 0 aliphatic heterocycles. The van der Waals surface area contributed by atoms with Gasteiger partial charge in [-0.25, -0.2) is 9.97 Å². The van der Waals surface area contributed by atoms with E-state index in [1.165, 1.54) is 0 Å². The molecule has 106 valence electrons. The molecule has 3 aromatic rings. The molecular formula is C16H15BrN4. The first kappa shape index (κ1) is 13.9. The van der Waals surface area contributed by atoms with E-state index in [-0.39, 0.29) is 0 Å². The van der Waals surface area contributed by atoms with E-state index in [0.717, 1.165) is 45.7 Å². The maximum absolute atomic E-state index is 4.55. The number of hydrogen-bond acceptors (Lipinski definition) is 4. The number of halogens is 1. The molecule has 1 aromatic carbocycles. The van der Waals surface area contributed by atoms with Gasteiger partial charge >= 0.3 is 0 Å². The van der Waals surface area contributed by atoms with Gasteiger partial charge in [0.15, 0.2) is 0 Å². The second-order valence-corrected chi connectivity index (χ2v) is 5.56. The van der Waals surface area contributed by atoms with Crippen LogP contribution in [0.15, 0.2) is 47.2 Å². The average molecular weight is 343 g/mol. The zero-order valence-corrected chi connectivity index (χ0v) is 13.3. The lowest BCUT2D eigenvalue weighted by atomic mass is 10.2. The van der Waals surface area contributed by atoms with Gasteiger partial charge in [0.05, 0.1) is 5.52 Å². The summed E-state index contributed by atoms with van der Waals surface area (Å²) in [4.78, 5) is 13.3. The van der Waals surface area contributed by atoms with Gasteiger partial charge in [0, 0.05) is 29.8 Å². The topological polar surface area (TPSA) is 50.7 Å². The monoisotopic (exact) mass is 342 g/mol. The van der Waals surface area contributed by atoms with E-state index in [1.807, 2.05) is 36.4 Å². The molecule has 0 atom stereocenters. The van der Waals surface area contributed by atoms with Crippen molar-refractivity contribution in [3.8, 4) is 0 Å². The second-order valence-electron chi connectivity index (χ2n) is 4.74. The lowest BCUT2D eigenvalue weighted by Crippen LogP contribution is -2.01. The predicted molar refractivity (Wildman–Crippen MR) is 88.8 cm³/mol. The van der Waals surface area contributed by atoms with Crippen molar-refractivity contribution < 1.29 is 0 Å². The summed E-state index contributed by atoms with van der Waals surface area (Å²) in [7, 11) is 0. The SMILES string of the molecule is CCCc1nc(Br)cc(Nc2cccc3ncccc23)n1. The second kappa shape index (κ2) is 6.18. The highest BCUT2D eigenvalue weighted by atomic mass is 79.9. The first-order valence-electron chi connectivity index (χ1n) is 6.90. The number of aryl methyl sites for hydroxylation is 1. The average Bonchev–Trinajstić information content (AvgIpc) is 2.47. The highest BCUT2D eigenvalue weighted by molar-refractivity contribution is 9.10. The van der Waals surface area contributed by atoms with Gasteiger partial charge in [-0.05, 0) is 46.6 Å². The smallest absolute Gasteiger partial charge is 0.135 e. The molecule has 0 saturated carbocycles. The Labute approximate surface area is 131 Å². The van der Waals surface area contributed by atoms with E-state index < -0.39 is 0 Å². The van der Waals surface area contributed by atoms with Crippen LogP contribution in [0.25, 0.3) is 10.9 Å². The molecule has 0 unspecified atom stereocenters. The third-order valence-corrected chi connectivity index (χ3v) is 3.53. The molecule has 0 amide bonds. The van der Waals surface area contributed by atoms with Gasteiger partial charge in [-0.15, -0.1) is 0 Å². The van der Waals surface area contributed by atoms with Crippen molar-refractivity contribution in [1.82, 2.24) is 15.0 Å². The highest BCUT2D eigenvalue weighted by Crippen LogP contribution is 2.25. The molecule has 3 rings (SSSR count). The minimum atomic E-state index is 0.789. The van der Waals surface area contributed by atoms with Crippen molar-refractivity contribution >= 4 is 38.3 Å². The predicted octanol–water partition coefficient (Wildman–Crippen LogP) is 4.48. The van der Waals surface area contributed by atoms with E-state index in [9.17, 15) is 0 Å². The van der Waals surface area contributed by atoms with Gasteiger partial charge in [-0.3, -0.25) is 4.98 Å². The van der Waals surface area contributed by atoms with Crippen LogP contribution in [0.4, 0.5) is 11.5 Å². The molecule has 21 heavy (non-hydrogen) atoms. The van der Waals surface area contributed by atoms with Crippen LogP contribution >= 0.6 is 15.9 Å². The molecular weight excluding hydrogens is 328 g/mol. The Balaban J connectivity index is 1.98. The molecule has 2 heterocycles. The minimum absolute atomic E-state index is 0.789. The number of fused-ring (bicyclic) bond motifs is 1. The van der Waals surface area contributed by atoms with Crippen LogP contribution in [0.2, 0.25) is 0 Å². The third-order valence-electron chi connectivity index (χ3n) is 3.12. The number of anilines is 2. The molecule has 0 saturated heterocycles. The van der Waals surface area contributed by atoms with Gasteiger partial charge in [0.25, 0.3) is 0 Å². The van der Waals surface area contributed by atoms with Gasteiger partial charge in [0.2, 0.25) is 0 Å². The molecule has 4 nitrogen and oxygen atoms in total. The molecule has 0 spiro atoms. The number of benzene rings is 1. The molecule has 1 N–H and O–H groups in total. The normalized spacial score (nSPS) is 10.8.